The quantitative estimate of drug-likeness (QED) is 0.804. The average Bonchev–Trinajstić information content (AvgIpc) is 2.77. The fourth-order valence-electron chi connectivity index (χ4n) is 2.22. The Morgan fingerprint density at radius 2 is 1.89 bits per heavy atom. The number of aliphatic hydroxyl groups excluding tert-OH is 1. The van der Waals surface area contributed by atoms with Crippen LogP contribution in [0.5, 0.6) is 0 Å². The third-order valence-electron chi connectivity index (χ3n) is 3.11. The molecular weight excluding hydrogens is 304 g/mol. The minimum absolute atomic E-state index is 0.0564. The van der Waals surface area contributed by atoms with Crippen LogP contribution in [-0.4, -0.2) is 14.7 Å². The highest BCUT2D eigenvalue weighted by Crippen LogP contribution is 2.22. The van der Waals surface area contributed by atoms with Gasteiger partial charge in [0, 0.05) is 11.0 Å². The van der Waals surface area contributed by atoms with Crippen molar-refractivity contribution in [2.24, 2.45) is 0 Å². The number of rotatable bonds is 3. The van der Waals surface area contributed by atoms with E-state index in [2.05, 4.69) is 37.6 Å². The van der Waals surface area contributed by atoms with E-state index < -0.39 is 0 Å². The molecule has 2 aromatic carbocycles. The van der Waals surface area contributed by atoms with Gasteiger partial charge < -0.3 is 9.67 Å². The van der Waals surface area contributed by atoms with E-state index in [1.54, 1.807) is 0 Å². The maximum absolute atomic E-state index is 9.47. The van der Waals surface area contributed by atoms with Crippen LogP contribution in [0.15, 0.2) is 53.0 Å². The van der Waals surface area contributed by atoms with Crippen LogP contribution in [0, 0.1) is 0 Å². The smallest absolute Gasteiger partial charge is 0.136 e. The third-order valence-corrected chi connectivity index (χ3v) is 3.61. The number of halogens is 1. The zero-order valence-electron chi connectivity index (χ0n) is 10.3. The summed E-state index contributed by atoms with van der Waals surface area (Å²) >= 11 is 3.44. The highest BCUT2D eigenvalue weighted by Gasteiger charge is 2.10. The Labute approximate surface area is 119 Å². The van der Waals surface area contributed by atoms with Gasteiger partial charge in [-0.2, -0.15) is 0 Å². The van der Waals surface area contributed by atoms with Gasteiger partial charge >= 0.3 is 0 Å². The summed E-state index contributed by atoms with van der Waals surface area (Å²) in [5.74, 6) is 0.692. The standard InChI is InChI=1S/C15H13BrN2O/c16-12-6-7-14-13(8-12)17-15(10-19)18(14)9-11-4-2-1-3-5-11/h1-8,19H,9-10H2. The van der Waals surface area contributed by atoms with E-state index in [1.165, 1.54) is 5.56 Å². The molecule has 0 saturated carbocycles. The summed E-state index contributed by atoms with van der Waals surface area (Å²) in [6.07, 6.45) is 0. The second-order valence-electron chi connectivity index (χ2n) is 4.39. The summed E-state index contributed by atoms with van der Waals surface area (Å²) in [6, 6.07) is 16.2. The number of fused-ring (bicyclic) bond motifs is 1. The molecule has 0 atom stereocenters. The molecule has 1 heterocycles. The number of aliphatic hydroxyl groups is 1. The van der Waals surface area contributed by atoms with Crippen LogP contribution >= 0.6 is 15.9 Å². The van der Waals surface area contributed by atoms with Gasteiger partial charge in [0.25, 0.3) is 0 Å². The molecule has 3 aromatic rings. The number of benzene rings is 2. The van der Waals surface area contributed by atoms with Crippen molar-refractivity contribution in [2.75, 3.05) is 0 Å². The maximum atomic E-state index is 9.47. The lowest BCUT2D eigenvalue weighted by Crippen LogP contribution is -2.04. The van der Waals surface area contributed by atoms with Gasteiger partial charge in [0.05, 0.1) is 11.0 Å². The lowest BCUT2D eigenvalue weighted by atomic mass is 10.2. The summed E-state index contributed by atoms with van der Waals surface area (Å²) in [7, 11) is 0. The van der Waals surface area contributed by atoms with Gasteiger partial charge in [-0.05, 0) is 23.8 Å². The topological polar surface area (TPSA) is 38.1 Å². The fourth-order valence-corrected chi connectivity index (χ4v) is 2.56. The van der Waals surface area contributed by atoms with E-state index in [0.717, 1.165) is 22.1 Å². The lowest BCUT2D eigenvalue weighted by molar-refractivity contribution is 0.267. The molecule has 0 aliphatic heterocycles. The molecule has 0 fully saturated rings. The molecular formula is C15H13BrN2O. The van der Waals surface area contributed by atoms with E-state index >= 15 is 0 Å². The molecule has 1 N–H and O–H groups in total. The van der Waals surface area contributed by atoms with Gasteiger partial charge in [-0.25, -0.2) is 4.98 Å². The first kappa shape index (κ1) is 12.4. The Bertz CT molecular complexity index is 707. The van der Waals surface area contributed by atoms with E-state index in [9.17, 15) is 5.11 Å². The summed E-state index contributed by atoms with van der Waals surface area (Å²) in [6.45, 7) is 0.661. The van der Waals surface area contributed by atoms with E-state index in [-0.39, 0.29) is 6.61 Å². The Kier molecular flexibility index (Phi) is 3.36. The highest BCUT2D eigenvalue weighted by molar-refractivity contribution is 9.10. The first-order valence-electron chi connectivity index (χ1n) is 6.07. The van der Waals surface area contributed by atoms with E-state index in [4.69, 9.17) is 0 Å². The molecule has 0 unspecified atom stereocenters. The highest BCUT2D eigenvalue weighted by atomic mass is 79.9. The van der Waals surface area contributed by atoms with Crippen molar-refractivity contribution in [3.8, 4) is 0 Å². The summed E-state index contributed by atoms with van der Waals surface area (Å²) in [5.41, 5.74) is 3.13. The average molecular weight is 317 g/mol. The van der Waals surface area contributed by atoms with Crippen molar-refractivity contribution < 1.29 is 5.11 Å². The Morgan fingerprint density at radius 1 is 1.11 bits per heavy atom. The molecule has 0 amide bonds. The summed E-state index contributed by atoms with van der Waals surface area (Å²) in [4.78, 5) is 4.47. The first-order valence-corrected chi connectivity index (χ1v) is 6.86. The van der Waals surface area contributed by atoms with Gasteiger partial charge in [-0.3, -0.25) is 0 Å². The molecule has 4 heteroatoms. The second-order valence-corrected chi connectivity index (χ2v) is 5.31. The molecule has 0 aliphatic carbocycles. The molecule has 0 bridgehead atoms. The van der Waals surface area contributed by atoms with Crippen molar-refractivity contribution in [1.29, 1.82) is 0 Å². The summed E-state index contributed by atoms with van der Waals surface area (Å²) in [5, 5.41) is 9.47. The van der Waals surface area contributed by atoms with Crippen molar-refractivity contribution >= 4 is 27.0 Å². The molecule has 0 radical (unpaired) electrons. The Hall–Kier alpha value is -1.65. The zero-order chi connectivity index (χ0) is 13.2. The van der Waals surface area contributed by atoms with Crippen LogP contribution in [0.3, 0.4) is 0 Å². The molecule has 0 aliphatic rings. The Morgan fingerprint density at radius 3 is 2.63 bits per heavy atom. The predicted octanol–water partition coefficient (Wildman–Crippen LogP) is 3.34. The molecule has 19 heavy (non-hydrogen) atoms. The van der Waals surface area contributed by atoms with Crippen molar-refractivity contribution in [3.05, 3.63) is 64.4 Å². The van der Waals surface area contributed by atoms with Crippen molar-refractivity contribution in [3.63, 3.8) is 0 Å². The van der Waals surface area contributed by atoms with Gasteiger partial charge in [0.15, 0.2) is 0 Å². The fraction of sp³-hybridized carbons (Fsp3) is 0.133. The number of nitrogens with zero attached hydrogens (tertiary/aromatic N) is 2. The van der Waals surface area contributed by atoms with Crippen LogP contribution in [0.2, 0.25) is 0 Å². The largest absolute Gasteiger partial charge is 0.388 e. The SMILES string of the molecule is OCc1nc2cc(Br)ccc2n1Cc1ccccc1. The van der Waals surface area contributed by atoms with Crippen LogP contribution in [0.25, 0.3) is 11.0 Å². The Balaban J connectivity index is 2.11. The molecule has 0 saturated heterocycles. The normalized spacial score (nSPS) is 11.1. The van der Waals surface area contributed by atoms with Gasteiger partial charge in [0.1, 0.15) is 12.4 Å². The first-order chi connectivity index (χ1) is 9.28. The third kappa shape index (κ3) is 2.41. The van der Waals surface area contributed by atoms with Gasteiger partial charge in [-0.15, -0.1) is 0 Å². The van der Waals surface area contributed by atoms with Gasteiger partial charge in [0.2, 0.25) is 0 Å². The minimum atomic E-state index is -0.0564. The van der Waals surface area contributed by atoms with Crippen LogP contribution in [-0.2, 0) is 13.2 Å². The molecule has 1 aromatic heterocycles. The molecule has 0 spiro atoms. The van der Waals surface area contributed by atoms with E-state index in [1.807, 2.05) is 36.4 Å². The van der Waals surface area contributed by atoms with Gasteiger partial charge in [-0.1, -0.05) is 46.3 Å². The van der Waals surface area contributed by atoms with Crippen LogP contribution in [0.4, 0.5) is 0 Å². The van der Waals surface area contributed by atoms with Crippen molar-refractivity contribution in [2.45, 2.75) is 13.2 Å². The van der Waals surface area contributed by atoms with Crippen LogP contribution in [0.1, 0.15) is 11.4 Å². The molecule has 3 nitrogen and oxygen atoms in total. The second kappa shape index (κ2) is 5.15. The number of aromatic nitrogens is 2. The number of hydrogen-bond donors (Lipinski definition) is 1. The molecule has 96 valence electrons. The predicted molar refractivity (Wildman–Crippen MR) is 78.9 cm³/mol. The van der Waals surface area contributed by atoms with Crippen LogP contribution < -0.4 is 0 Å². The maximum Gasteiger partial charge on any atom is 0.136 e. The zero-order valence-corrected chi connectivity index (χ0v) is 11.8. The lowest BCUT2D eigenvalue weighted by Gasteiger charge is -2.07. The minimum Gasteiger partial charge on any atom is -0.388 e. The summed E-state index contributed by atoms with van der Waals surface area (Å²) < 4.78 is 3.05. The molecule has 3 rings (SSSR count). The number of hydrogen-bond acceptors (Lipinski definition) is 2. The number of imidazole rings is 1. The van der Waals surface area contributed by atoms with E-state index in [0.29, 0.717) is 5.82 Å². The monoisotopic (exact) mass is 316 g/mol. The van der Waals surface area contributed by atoms with Crippen molar-refractivity contribution in [1.82, 2.24) is 9.55 Å².